The van der Waals surface area contributed by atoms with Gasteiger partial charge in [0.05, 0.1) is 6.61 Å². The Labute approximate surface area is 110 Å². The SMILES string of the molecule is CCC1CN(CCOCCCC2(C(N)=O)CC2)C1. The number of carbonyl (C=O) groups is 1. The lowest BCUT2D eigenvalue weighted by atomic mass is 9.98. The van der Waals surface area contributed by atoms with E-state index in [1.807, 2.05) is 0 Å². The number of amides is 1. The van der Waals surface area contributed by atoms with Crippen molar-refractivity contribution in [3.8, 4) is 0 Å². The molecule has 0 aromatic heterocycles. The minimum atomic E-state index is -0.158. The number of ether oxygens (including phenoxy) is 1. The summed E-state index contributed by atoms with van der Waals surface area (Å²) in [4.78, 5) is 13.6. The van der Waals surface area contributed by atoms with Crippen LogP contribution in [0.5, 0.6) is 0 Å². The summed E-state index contributed by atoms with van der Waals surface area (Å²) in [5.41, 5.74) is 5.22. The molecule has 0 aromatic carbocycles. The Balaban J connectivity index is 1.42. The predicted molar refractivity (Wildman–Crippen MR) is 71.1 cm³/mol. The van der Waals surface area contributed by atoms with Crippen molar-refractivity contribution in [2.75, 3.05) is 32.8 Å². The molecule has 0 radical (unpaired) electrons. The number of likely N-dealkylation sites (tertiary alicyclic amines) is 1. The third-order valence-electron chi connectivity index (χ3n) is 4.48. The molecule has 2 fully saturated rings. The van der Waals surface area contributed by atoms with Gasteiger partial charge in [-0.3, -0.25) is 4.79 Å². The van der Waals surface area contributed by atoms with E-state index >= 15 is 0 Å². The molecule has 0 atom stereocenters. The third kappa shape index (κ3) is 3.45. The Morgan fingerprint density at radius 1 is 1.39 bits per heavy atom. The van der Waals surface area contributed by atoms with Gasteiger partial charge in [-0.15, -0.1) is 0 Å². The van der Waals surface area contributed by atoms with E-state index in [9.17, 15) is 4.79 Å². The average Bonchev–Trinajstić information content (AvgIpc) is 3.06. The molecule has 1 aliphatic heterocycles. The largest absolute Gasteiger partial charge is 0.380 e. The van der Waals surface area contributed by atoms with Crippen molar-refractivity contribution in [2.45, 2.75) is 39.0 Å². The number of nitrogens with two attached hydrogens (primary N) is 1. The molecule has 2 rings (SSSR count). The topological polar surface area (TPSA) is 55.6 Å². The first-order valence-electron chi connectivity index (χ1n) is 7.26. The van der Waals surface area contributed by atoms with E-state index in [0.717, 1.165) is 51.4 Å². The molecule has 4 heteroatoms. The standard InChI is InChI=1S/C14H26N2O2/c1-2-12-10-16(11-12)7-9-18-8-3-4-14(5-6-14)13(15)17/h12H,2-11H2,1H3,(H2,15,17). The molecule has 1 saturated heterocycles. The molecule has 0 aromatic rings. The molecule has 1 saturated carbocycles. The van der Waals surface area contributed by atoms with Crippen molar-refractivity contribution in [3.63, 3.8) is 0 Å². The summed E-state index contributed by atoms with van der Waals surface area (Å²) in [6.07, 6.45) is 5.13. The van der Waals surface area contributed by atoms with E-state index in [1.165, 1.54) is 19.5 Å². The normalized spacial score (nSPS) is 22.7. The summed E-state index contributed by atoms with van der Waals surface area (Å²) in [7, 11) is 0. The van der Waals surface area contributed by atoms with E-state index < -0.39 is 0 Å². The number of nitrogens with zero attached hydrogens (tertiary/aromatic N) is 1. The van der Waals surface area contributed by atoms with Crippen molar-refractivity contribution < 1.29 is 9.53 Å². The highest BCUT2D eigenvalue weighted by atomic mass is 16.5. The van der Waals surface area contributed by atoms with Gasteiger partial charge in [-0.1, -0.05) is 13.3 Å². The van der Waals surface area contributed by atoms with Gasteiger partial charge in [0, 0.05) is 31.7 Å². The monoisotopic (exact) mass is 254 g/mol. The van der Waals surface area contributed by atoms with Crippen LogP contribution in [0.3, 0.4) is 0 Å². The molecular formula is C14H26N2O2. The van der Waals surface area contributed by atoms with Crippen molar-refractivity contribution >= 4 is 5.91 Å². The molecule has 1 aliphatic carbocycles. The van der Waals surface area contributed by atoms with Crippen LogP contribution in [0, 0.1) is 11.3 Å². The van der Waals surface area contributed by atoms with E-state index in [-0.39, 0.29) is 11.3 Å². The summed E-state index contributed by atoms with van der Waals surface area (Å²) in [5, 5.41) is 0. The summed E-state index contributed by atoms with van der Waals surface area (Å²) in [6.45, 7) is 7.37. The maximum atomic E-state index is 11.2. The molecule has 104 valence electrons. The zero-order valence-electron chi connectivity index (χ0n) is 11.5. The minimum absolute atomic E-state index is 0.117. The second-order valence-electron chi connectivity index (χ2n) is 5.89. The van der Waals surface area contributed by atoms with Crippen molar-refractivity contribution in [1.29, 1.82) is 0 Å². The Morgan fingerprint density at radius 3 is 2.67 bits per heavy atom. The summed E-state index contributed by atoms with van der Waals surface area (Å²) in [5.74, 6) is 0.795. The van der Waals surface area contributed by atoms with Crippen molar-refractivity contribution in [3.05, 3.63) is 0 Å². The number of rotatable bonds is 9. The van der Waals surface area contributed by atoms with Crippen LogP contribution in [0.25, 0.3) is 0 Å². The van der Waals surface area contributed by atoms with Crippen LogP contribution < -0.4 is 5.73 Å². The third-order valence-corrected chi connectivity index (χ3v) is 4.48. The van der Waals surface area contributed by atoms with Gasteiger partial charge in [0.15, 0.2) is 0 Å². The summed E-state index contributed by atoms with van der Waals surface area (Å²) >= 11 is 0. The Bertz CT molecular complexity index is 284. The van der Waals surface area contributed by atoms with Gasteiger partial charge in [0.1, 0.15) is 0 Å². The van der Waals surface area contributed by atoms with Crippen LogP contribution in [0.1, 0.15) is 39.0 Å². The Hall–Kier alpha value is -0.610. The van der Waals surface area contributed by atoms with Crippen molar-refractivity contribution in [2.24, 2.45) is 17.1 Å². The van der Waals surface area contributed by atoms with Crippen LogP contribution in [-0.2, 0) is 9.53 Å². The number of carbonyl (C=O) groups excluding carboxylic acids is 1. The molecule has 2 N–H and O–H groups in total. The molecule has 1 amide bonds. The minimum Gasteiger partial charge on any atom is -0.380 e. The molecule has 0 unspecified atom stereocenters. The van der Waals surface area contributed by atoms with Crippen molar-refractivity contribution in [1.82, 2.24) is 4.90 Å². The van der Waals surface area contributed by atoms with E-state index in [2.05, 4.69) is 11.8 Å². The zero-order chi connectivity index (χ0) is 13.0. The molecule has 2 aliphatic rings. The molecule has 0 spiro atoms. The van der Waals surface area contributed by atoms with E-state index in [1.54, 1.807) is 0 Å². The Kier molecular flexibility index (Phi) is 4.62. The lowest BCUT2D eigenvalue weighted by molar-refractivity contribution is -0.123. The van der Waals surface area contributed by atoms with Crippen LogP contribution in [0.15, 0.2) is 0 Å². The predicted octanol–water partition coefficient (Wildman–Crippen LogP) is 1.39. The lowest BCUT2D eigenvalue weighted by Gasteiger charge is -2.38. The average molecular weight is 254 g/mol. The van der Waals surface area contributed by atoms with Gasteiger partial charge < -0.3 is 15.4 Å². The van der Waals surface area contributed by atoms with Gasteiger partial charge >= 0.3 is 0 Å². The number of primary amides is 1. The first-order chi connectivity index (χ1) is 8.66. The summed E-state index contributed by atoms with van der Waals surface area (Å²) in [6, 6.07) is 0. The molecular weight excluding hydrogens is 228 g/mol. The highest BCUT2D eigenvalue weighted by Crippen LogP contribution is 2.49. The Morgan fingerprint density at radius 2 is 2.11 bits per heavy atom. The van der Waals surface area contributed by atoms with Crippen LogP contribution in [-0.4, -0.2) is 43.7 Å². The fourth-order valence-electron chi connectivity index (χ4n) is 2.70. The van der Waals surface area contributed by atoms with Gasteiger partial charge in [0.2, 0.25) is 5.91 Å². The maximum absolute atomic E-state index is 11.2. The summed E-state index contributed by atoms with van der Waals surface area (Å²) < 4.78 is 5.62. The van der Waals surface area contributed by atoms with Crippen LogP contribution >= 0.6 is 0 Å². The lowest BCUT2D eigenvalue weighted by Crippen LogP contribution is -2.47. The second kappa shape index (κ2) is 6.02. The molecule has 0 bridgehead atoms. The fraction of sp³-hybridized carbons (Fsp3) is 0.929. The van der Waals surface area contributed by atoms with Crippen LogP contribution in [0.4, 0.5) is 0 Å². The maximum Gasteiger partial charge on any atom is 0.223 e. The van der Waals surface area contributed by atoms with Gasteiger partial charge in [0.25, 0.3) is 0 Å². The van der Waals surface area contributed by atoms with Crippen LogP contribution in [0.2, 0.25) is 0 Å². The molecule has 4 nitrogen and oxygen atoms in total. The van der Waals surface area contributed by atoms with E-state index in [4.69, 9.17) is 10.5 Å². The van der Waals surface area contributed by atoms with Gasteiger partial charge in [-0.2, -0.15) is 0 Å². The zero-order valence-corrected chi connectivity index (χ0v) is 11.5. The first-order valence-corrected chi connectivity index (χ1v) is 7.26. The first kappa shape index (κ1) is 13.8. The molecule has 18 heavy (non-hydrogen) atoms. The highest BCUT2D eigenvalue weighted by Gasteiger charge is 2.47. The fourth-order valence-corrected chi connectivity index (χ4v) is 2.70. The van der Waals surface area contributed by atoms with Gasteiger partial charge in [-0.05, 0) is 31.6 Å². The van der Waals surface area contributed by atoms with E-state index in [0.29, 0.717) is 0 Å². The smallest absolute Gasteiger partial charge is 0.223 e. The number of hydrogen-bond donors (Lipinski definition) is 1. The number of hydrogen-bond acceptors (Lipinski definition) is 3. The second-order valence-corrected chi connectivity index (χ2v) is 5.89. The molecule has 1 heterocycles. The van der Waals surface area contributed by atoms with Gasteiger partial charge in [-0.25, -0.2) is 0 Å². The quantitative estimate of drug-likeness (QED) is 0.633. The highest BCUT2D eigenvalue weighted by molar-refractivity contribution is 5.83.